The average Bonchev–Trinajstić information content (AvgIpc) is 3.50. The minimum absolute atomic E-state index is 0.00850. The van der Waals surface area contributed by atoms with Crippen LogP contribution in [0.15, 0.2) is 66.0 Å². The van der Waals surface area contributed by atoms with Crippen molar-refractivity contribution in [3.8, 4) is 0 Å². The van der Waals surface area contributed by atoms with Crippen LogP contribution in [0.1, 0.15) is 32.9 Å². The highest BCUT2D eigenvalue weighted by Crippen LogP contribution is 2.29. The number of hydrogen-bond acceptors (Lipinski definition) is 6. The molecule has 4 rings (SSSR count). The molecule has 0 aliphatic carbocycles. The van der Waals surface area contributed by atoms with Crippen molar-refractivity contribution in [2.75, 3.05) is 28.7 Å². The monoisotopic (exact) mass is 463 g/mol. The van der Waals surface area contributed by atoms with E-state index in [1.165, 1.54) is 23.5 Å². The Morgan fingerprint density at radius 3 is 2.61 bits per heavy atom. The molecule has 2 heterocycles. The number of para-hydroxylation sites is 2. The minimum Gasteiger partial charge on any atom is -0.452 e. The number of benzene rings is 2. The molecule has 1 saturated heterocycles. The standard InChI is InChI=1S/C24H21N3O5S/c28-21(26-18-8-1-2-9-19(18)27-12-4-11-22(27)29)15-32-24(31)16-6-3-7-17(14-16)25-23(30)20-10-5-13-33-20/h1-3,5-10,13-14H,4,11-12,15H2,(H,25,30)(H,26,28). The second-order valence-electron chi connectivity index (χ2n) is 7.30. The highest BCUT2D eigenvalue weighted by atomic mass is 32.1. The molecule has 8 nitrogen and oxygen atoms in total. The molecule has 1 fully saturated rings. The van der Waals surface area contributed by atoms with Crippen LogP contribution in [0.4, 0.5) is 17.1 Å². The van der Waals surface area contributed by atoms with Crippen molar-refractivity contribution in [3.63, 3.8) is 0 Å². The molecule has 0 radical (unpaired) electrons. The molecule has 2 aromatic carbocycles. The van der Waals surface area contributed by atoms with Gasteiger partial charge in [0, 0.05) is 18.7 Å². The molecule has 1 aromatic heterocycles. The van der Waals surface area contributed by atoms with Crippen LogP contribution in [0.3, 0.4) is 0 Å². The van der Waals surface area contributed by atoms with E-state index in [-0.39, 0.29) is 17.4 Å². The Labute approximate surface area is 194 Å². The van der Waals surface area contributed by atoms with Crippen LogP contribution in [0.2, 0.25) is 0 Å². The molecule has 1 aliphatic heterocycles. The first-order valence-corrected chi connectivity index (χ1v) is 11.2. The Kier molecular flexibility index (Phi) is 6.80. The van der Waals surface area contributed by atoms with Gasteiger partial charge in [-0.25, -0.2) is 4.79 Å². The summed E-state index contributed by atoms with van der Waals surface area (Å²) in [6.45, 7) is 0.104. The van der Waals surface area contributed by atoms with E-state index in [1.54, 1.807) is 58.8 Å². The second-order valence-corrected chi connectivity index (χ2v) is 8.25. The number of thiophene rings is 1. The van der Waals surface area contributed by atoms with Crippen LogP contribution in [-0.2, 0) is 14.3 Å². The number of nitrogens with zero attached hydrogens (tertiary/aromatic N) is 1. The van der Waals surface area contributed by atoms with Crippen molar-refractivity contribution >= 4 is 52.1 Å². The maximum atomic E-state index is 12.4. The fraction of sp³-hybridized carbons (Fsp3) is 0.167. The lowest BCUT2D eigenvalue weighted by molar-refractivity contribution is -0.119. The van der Waals surface area contributed by atoms with Crippen LogP contribution in [-0.4, -0.2) is 36.8 Å². The summed E-state index contributed by atoms with van der Waals surface area (Å²) >= 11 is 1.31. The number of hydrogen-bond donors (Lipinski definition) is 2. The molecule has 0 atom stereocenters. The quantitative estimate of drug-likeness (QED) is 0.517. The first-order valence-electron chi connectivity index (χ1n) is 10.3. The number of anilines is 3. The van der Waals surface area contributed by atoms with Crippen LogP contribution < -0.4 is 15.5 Å². The fourth-order valence-electron chi connectivity index (χ4n) is 3.44. The summed E-state index contributed by atoms with van der Waals surface area (Å²) in [6, 6.07) is 16.8. The zero-order chi connectivity index (χ0) is 23.2. The van der Waals surface area contributed by atoms with Gasteiger partial charge in [-0.15, -0.1) is 11.3 Å². The van der Waals surface area contributed by atoms with Gasteiger partial charge in [-0.05, 0) is 48.2 Å². The van der Waals surface area contributed by atoms with E-state index < -0.39 is 18.5 Å². The summed E-state index contributed by atoms with van der Waals surface area (Å²) < 4.78 is 5.14. The number of carbonyl (C=O) groups is 4. The third-order valence-corrected chi connectivity index (χ3v) is 5.85. The Balaban J connectivity index is 1.34. The van der Waals surface area contributed by atoms with Crippen molar-refractivity contribution in [2.24, 2.45) is 0 Å². The van der Waals surface area contributed by atoms with E-state index in [0.717, 1.165) is 6.42 Å². The fourth-order valence-corrected chi connectivity index (χ4v) is 4.06. The summed E-state index contributed by atoms with van der Waals surface area (Å²) in [5.74, 6) is -1.48. The van der Waals surface area contributed by atoms with E-state index in [1.807, 2.05) is 0 Å². The van der Waals surface area contributed by atoms with Gasteiger partial charge in [0.1, 0.15) is 0 Å². The highest BCUT2D eigenvalue weighted by Gasteiger charge is 2.24. The largest absolute Gasteiger partial charge is 0.452 e. The zero-order valence-corrected chi connectivity index (χ0v) is 18.4. The zero-order valence-electron chi connectivity index (χ0n) is 17.6. The molecule has 2 N–H and O–H groups in total. The van der Waals surface area contributed by atoms with E-state index in [4.69, 9.17) is 4.74 Å². The Hall–Kier alpha value is -3.98. The first kappa shape index (κ1) is 22.2. The number of carbonyl (C=O) groups excluding carboxylic acids is 4. The summed E-state index contributed by atoms with van der Waals surface area (Å²) in [7, 11) is 0. The van der Waals surface area contributed by atoms with E-state index in [9.17, 15) is 19.2 Å². The number of amides is 3. The number of ether oxygens (including phenoxy) is 1. The van der Waals surface area contributed by atoms with Crippen LogP contribution in [0.5, 0.6) is 0 Å². The van der Waals surface area contributed by atoms with Gasteiger partial charge in [-0.1, -0.05) is 24.3 Å². The van der Waals surface area contributed by atoms with Gasteiger partial charge < -0.3 is 20.3 Å². The van der Waals surface area contributed by atoms with E-state index in [0.29, 0.717) is 34.9 Å². The van der Waals surface area contributed by atoms with Gasteiger partial charge in [-0.3, -0.25) is 14.4 Å². The number of esters is 1. The molecular formula is C24H21N3O5S. The third kappa shape index (κ3) is 5.45. The summed E-state index contributed by atoms with van der Waals surface area (Å²) in [5.41, 5.74) is 1.74. The molecular weight excluding hydrogens is 442 g/mol. The maximum Gasteiger partial charge on any atom is 0.338 e. The normalized spacial score (nSPS) is 13.0. The average molecular weight is 464 g/mol. The van der Waals surface area contributed by atoms with Gasteiger partial charge in [0.2, 0.25) is 5.91 Å². The second kappa shape index (κ2) is 10.1. The molecule has 168 valence electrons. The van der Waals surface area contributed by atoms with Crippen molar-refractivity contribution in [1.82, 2.24) is 0 Å². The summed E-state index contributed by atoms with van der Waals surface area (Å²) in [4.78, 5) is 51.3. The predicted molar refractivity (Wildman–Crippen MR) is 126 cm³/mol. The molecule has 3 aromatic rings. The van der Waals surface area contributed by atoms with Crippen molar-refractivity contribution in [3.05, 3.63) is 76.5 Å². The summed E-state index contributed by atoms with van der Waals surface area (Å²) in [5, 5.41) is 7.23. The minimum atomic E-state index is -0.694. The lowest BCUT2D eigenvalue weighted by Gasteiger charge is -2.19. The molecule has 0 saturated carbocycles. The molecule has 3 amide bonds. The first-order chi connectivity index (χ1) is 16.0. The van der Waals surface area contributed by atoms with Crippen molar-refractivity contribution < 1.29 is 23.9 Å². The Morgan fingerprint density at radius 1 is 1.00 bits per heavy atom. The van der Waals surface area contributed by atoms with Gasteiger partial charge in [-0.2, -0.15) is 0 Å². The molecule has 33 heavy (non-hydrogen) atoms. The lowest BCUT2D eigenvalue weighted by atomic mass is 10.2. The topological polar surface area (TPSA) is 105 Å². The van der Waals surface area contributed by atoms with E-state index in [2.05, 4.69) is 10.6 Å². The molecule has 9 heteroatoms. The van der Waals surface area contributed by atoms with Crippen LogP contribution in [0, 0.1) is 0 Å². The van der Waals surface area contributed by atoms with Gasteiger partial charge in [0.15, 0.2) is 6.61 Å². The third-order valence-electron chi connectivity index (χ3n) is 4.98. The summed E-state index contributed by atoms with van der Waals surface area (Å²) in [6.07, 6.45) is 1.25. The molecule has 1 aliphatic rings. The van der Waals surface area contributed by atoms with Gasteiger partial charge in [0.05, 0.1) is 21.8 Å². The SMILES string of the molecule is O=C(COC(=O)c1cccc(NC(=O)c2cccs2)c1)Nc1ccccc1N1CCCC1=O. The van der Waals surface area contributed by atoms with E-state index >= 15 is 0 Å². The smallest absolute Gasteiger partial charge is 0.338 e. The van der Waals surface area contributed by atoms with Gasteiger partial charge >= 0.3 is 5.97 Å². The van der Waals surface area contributed by atoms with Crippen molar-refractivity contribution in [1.29, 1.82) is 0 Å². The van der Waals surface area contributed by atoms with Crippen LogP contribution in [0.25, 0.3) is 0 Å². The van der Waals surface area contributed by atoms with Crippen LogP contribution >= 0.6 is 11.3 Å². The number of rotatable bonds is 7. The Morgan fingerprint density at radius 2 is 1.85 bits per heavy atom. The molecule has 0 unspecified atom stereocenters. The Bertz CT molecular complexity index is 1190. The highest BCUT2D eigenvalue weighted by molar-refractivity contribution is 7.12. The maximum absolute atomic E-state index is 12.4. The molecule has 0 bridgehead atoms. The lowest BCUT2D eigenvalue weighted by Crippen LogP contribution is -2.27. The van der Waals surface area contributed by atoms with Crippen molar-refractivity contribution in [2.45, 2.75) is 12.8 Å². The molecule has 0 spiro atoms. The number of nitrogens with one attached hydrogen (secondary N) is 2. The van der Waals surface area contributed by atoms with Gasteiger partial charge in [0.25, 0.3) is 11.8 Å². The predicted octanol–water partition coefficient (Wildman–Crippen LogP) is 3.92.